The highest BCUT2D eigenvalue weighted by atomic mass is 79.9. The van der Waals surface area contributed by atoms with Crippen molar-refractivity contribution in [3.63, 3.8) is 0 Å². The molecule has 0 aliphatic carbocycles. The third-order valence-corrected chi connectivity index (χ3v) is 3.85. The summed E-state index contributed by atoms with van der Waals surface area (Å²) in [7, 11) is 0. The third kappa shape index (κ3) is 2.24. The predicted molar refractivity (Wildman–Crippen MR) is 64.1 cm³/mol. The Morgan fingerprint density at radius 1 is 1.81 bits per heavy atom. The number of hydrogen-bond donors (Lipinski definition) is 2. The fourth-order valence-electron chi connectivity index (χ4n) is 1.35. The SMILES string of the molecule is Nc1nc(=O)n([C@@H]2CS[C@H](CO)O2)cc1Br. The number of anilines is 1. The summed E-state index contributed by atoms with van der Waals surface area (Å²) >= 11 is 4.66. The molecule has 0 aromatic carbocycles. The van der Waals surface area contributed by atoms with Gasteiger partial charge in [0.25, 0.3) is 0 Å². The number of halogens is 1. The van der Waals surface area contributed by atoms with Gasteiger partial charge in [-0.1, -0.05) is 0 Å². The summed E-state index contributed by atoms with van der Waals surface area (Å²) < 4.78 is 7.36. The van der Waals surface area contributed by atoms with Gasteiger partial charge in [-0.3, -0.25) is 4.57 Å². The molecule has 0 radical (unpaired) electrons. The number of aromatic nitrogens is 2. The molecule has 2 atom stereocenters. The molecular formula is C8H10BrN3O3S. The highest BCUT2D eigenvalue weighted by Crippen LogP contribution is 2.31. The van der Waals surface area contributed by atoms with Crippen molar-refractivity contribution in [2.45, 2.75) is 11.7 Å². The van der Waals surface area contributed by atoms with Gasteiger partial charge in [0, 0.05) is 11.9 Å². The maximum atomic E-state index is 11.6. The van der Waals surface area contributed by atoms with Gasteiger partial charge in [-0.2, -0.15) is 4.98 Å². The lowest BCUT2D eigenvalue weighted by Gasteiger charge is -2.14. The first-order valence-corrected chi connectivity index (χ1v) is 6.38. The zero-order valence-corrected chi connectivity index (χ0v) is 10.6. The number of aliphatic hydroxyl groups excluding tert-OH is 1. The van der Waals surface area contributed by atoms with Gasteiger partial charge in [-0.15, -0.1) is 11.8 Å². The second-order valence-corrected chi connectivity index (χ2v) is 5.25. The number of hydrogen-bond acceptors (Lipinski definition) is 6. The van der Waals surface area contributed by atoms with Gasteiger partial charge >= 0.3 is 5.69 Å². The van der Waals surface area contributed by atoms with Gasteiger partial charge in [0.1, 0.15) is 17.5 Å². The van der Waals surface area contributed by atoms with Gasteiger partial charge in [0.05, 0.1) is 11.1 Å². The quantitative estimate of drug-likeness (QED) is 0.809. The normalized spacial score (nSPS) is 24.9. The van der Waals surface area contributed by atoms with Crippen LogP contribution in [0.25, 0.3) is 0 Å². The number of rotatable bonds is 2. The zero-order valence-electron chi connectivity index (χ0n) is 8.17. The van der Waals surface area contributed by atoms with Crippen LogP contribution in [0.4, 0.5) is 5.82 Å². The first kappa shape index (κ1) is 11.9. The first-order valence-electron chi connectivity index (χ1n) is 4.54. The molecule has 0 spiro atoms. The van der Waals surface area contributed by atoms with Crippen molar-refractivity contribution in [3.8, 4) is 0 Å². The van der Waals surface area contributed by atoms with Gasteiger partial charge in [0.15, 0.2) is 0 Å². The van der Waals surface area contributed by atoms with Crippen molar-refractivity contribution in [2.24, 2.45) is 0 Å². The average Bonchev–Trinajstić information content (AvgIpc) is 2.71. The minimum atomic E-state index is -0.454. The Balaban J connectivity index is 2.28. The molecule has 0 amide bonds. The molecule has 8 heteroatoms. The van der Waals surface area contributed by atoms with E-state index >= 15 is 0 Å². The summed E-state index contributed by atoms with van der Waals surface area (Å²) in [6.07, 6.45) is 1.15. The minimum Gasteiger partial charge on any atom is -0.393 e. The van der Waals surface area contributed by atoms with Gasteiger partial charge in [-0.05, 0) is 15.9 Å². The monoisotopic (exact) mass is 307 g/mol. The molecule has 1 aliphatic heterocycles. The second kappa shape index (κ2) is 4.74. The summed E-state index contributed by atoms with van der Waals surface area (Å²) in [5.41, 5.74) is 4.75. The van der Waals surface area contributed by atoms with Crippen molar-refractivity contribution in [2.75, 3.05) is 18.1 Å². The maximum Gasteiger partial charge on any atom is 0.351 e. The maximum absolute atomic E-state index is 11.6. The van der Waals surface area contributed by atoms with E-state index in [0.717, 1.165) is 0 Å². The van der Waals surface area contributed by atoms with E-state index in [1.54, 1.807) is 6.20 Å². The second-order valence-electron chi connectivity index (χ2n) is 3.20. The standard InChI is InChI=1S/C8H10BrN3O3S/c9-4-1-12(8(14)11-7(4)10)5-3-16-6(2-13)15-5/h1,5-6,13H,2-3H2,(H2,10,11,14)/t5-,6+/m0/s1. The number of nitrogen functional groups attached to an aromatic ring is 1. The molecule has 88 valence electrons. The molecule has 2 heterocycles. The van der Waals surface area contributed by atoms with Crippen LogP contribution < -0.4 is 11.4 Å². The summed E-state index contributed by atoms with van der Waals surface area (Å²) in [6.45, 7) is -0.0700. The van der Waals surface area contributed by atoms with Gasteiger partial charge < -0.3 is 15.6 Å². The molecule has 3 N–H and O–H groups in total. The van der Waals surface area contributed by atoms with E-state index in [1.807, 2.05) is 0 Å². The first-order chi connectivity index (χ1) is 7.61. The highest BCUT2D eigenvalue weighted by Gasteiger charge is 2.27. The lowest BCUT2D eigenvalue weighted by molar-refractivity contribution is -0.00639. The van der Waals surface area contributed by atoms with Crippen LogP contribution in [0.2, 0.25) is 0 Å². The van der Waals surface area contributed by atoms with Crippen LogP contribution in [0.3, 0.4) is 0 Å². The Hall–Kier alpha value is -0.570. The summed E-state index contributed by atoms with van der Waals surface area (Å²) in [6, 6.07) is 0. The molecule has 1 aromatic heterocycles. The van der Waals surface area contributed by atoms with Crippen molar-refractivity contribution in [1.29, 1.82) is 0 Å². The highest BCUT2D eigenvalue weighted by molar-refractivity contribution is 9.10. The van der Waals surface area contributed by atoms with Crippen LogP contribution in [0.1, 0.15) is 6.23 Å². The molecule has 1 aliphatic rings. The molecule has 1 fully saturated rings. The lowest BCUT2D eigenvalue weighted by atomic mass is 10.5. The van der Waals surface area contributed by atoms with Crippen molar-refractivity contribution in [3.05, 3.63) is 21.2 Å². The molecule has 16 heavy (non-hydrogen) atoms. The predicted octanol–water partition coefficient (Wildman–Crippen LogP) is 0.168. The van der Waals surface area contributed by atoms with Crippen molar-refractivity contribution >= 4 is 33.5 Å². The minimum absolute atomic E-state index is 0.0700. The fraction of sp³-hybridized carbons (Fsp3) is 0.500. The van der Waals surface area contributed by atoms with E-state index in [2.05, 4.69) is 20.9 Å². The van der Waals surface area contributed by atoms with Crippen molar-refractivity contribution < 1.29 is 9.84 Å². The number of ether oxygens (including phenoxy) is 1. The van der Waals surface area contributed by atoms with Gasteiger partial charge in [0.2, 0.25) is 0 Å². The molecule has 0 bridgehead atoms. The van der Waals surface area contributed by atoms with Crippen LogP contribution in [0.15, 0.2) is 15.5 Å². The molecule has 0 unspecified atom stereocenters. The van der Waals surface area contributed by atoms with Crippen LogP contribution in [0, 0.1) is 0 Å². The number of nitrogens with zero attached hydrogens (tertiary/aromatic N) is 2. The summed E-state index contributed by atoms with van der Waals surface area (Å²) in [5, 5.41) is 8.92. The molecule has 1 aromatic rings. The van der Waals surface area contributed by atoms with E-state index in [4.69, 9.17) is 15.6 Å². The fourth-order valence-corrected chi connectivity index (χ4v) is 2.59. The lowest BCUT2D eigenvalue weighted by Crippen LogP contribution is -2.29. The summed E-state index contributed by atoms with van der Waals surface area (Å²) in [4.78, 5) is 15.2. The Kier molecular flexibility index (Phi) is 3.53. The smallest absolute Gasteiger partial charge is 0.351 e. The van der Waals surface area contributed by atoms with E-state index in [9.17, 15) is 4.79 Å². The molecular weight excluding hydrogens is 298 g/mol. The molecule has 6 nitrogen and oxygen atoms in total. The van der Waals surface area contributed by atoms with Gasteiger partial charge in [-0.25, -0.2) is 4.79 Å². The van der Waals surface area contributed by atoms with E-state index in [0.29, 0.717) is 10.2 Å². The van der Waals surface area contributed by atoms with Crippen LogP contribution >= 0.6 is 27.7 Å². The van der Waals surface area contributed by atoms with Crippen LogP contribution in [-0.4, -0.2) is 32.5 Å². The largest absolute Gasteiger partial charge is 0.393 e. The Morgan fingerprint density at radius 3 is 3.19 bits per heavy atom. The topological polar surface area (TPSA) is 90.4 Å². The molecule has 1 saturated heterocycles. The zero-order chi connectivity index (χ0) is 11.7. The third-order valence-electron chi connectivity index (χ3n) is 2.13. The van der Waals surface area contributed by atoms with E-state index in [-0.39, 0.29) is 17.9 Å². The number of thioether (sulfide) groups is 1. The molecule has 2 rings (SSSR count). The Labute approximate surface area is 104 Å². The van der Waals surface area contributed by atoms with E-state index in [1.165, 1.54) is 16.3 Å². The number of aliphatic hydroxyl groups is 1. The Bertz CT molecular complexity index is 453. The summed E-state index contributed by atoms with van der Waals surface area (Å²) in [5.74, 6) is 0.758. The van der Waals surface area contributed by atoms with Crippen LogP contribution in [0.5, 0.6) is 0 Å². The average molecular weight is 308 g/mol. The van der Waals surface area contributed by atoms with Crippen molar-refractivity contribution in [1.82, 2.24) is 9.55 Å². The molecule has 0 saturated carbocycles. The van der Waals surface area contributed by atoms with Crippen LogP contribution in [-0.2, 0) is 4.74 Å². The number of nitrogens with two attached hydrogens (primary N) is 1. The van der Waals surface area contributed by atoms with E-state index < -0.39 is 11.9 Å². The Morgan fingerprint density at radius 2 is 2.56 bits per heavy atom.